The number of hydrogen-bond acceptors (Lipinski definition) is 4. The Kier molecular flexibility index (Phi) is 2.71. The molecular weight excluding hydrogens is 160 g/mol. The van der Waals surface area contributed by atoms with Crippen LogP contribution in [0, 0.1) is 0 Å². The lowest BCUT2D eigenvalue weighted by Gasteiger charge is -2.05. The third-order valence-electron chi connectivity index (χ3n) is 1.33. The number of aliphatic hydroxyl groups is 1. The Labute approximate surface area is 68.7 Å². The van der Waals surface area contributed by atoms with Crippen molar-refractivity contribution in [1.29, 1.82) is 0 Å². The van der Waals surface area contributed by atoms with Gasteiger partial charge in [0.2, 0.25) is 0 Å². The summed E-state index contributed by atoms with van der Waals surface area (Å²) in [6, 6.07) is 0. The first-order valence-electron chi connectivity index (χ1n) is 3.35. The molecule has 0 aliphatic heterocycles. The van der Waals surface area contributed by atoms with Crippen LogP contribution in [0.15, 0.2) is 18.7 Å². The number of carboxylic acid groups (broad SMARTS) is 1. The Morgan fingerprint density at radius 3 is 2.58 bits per heavy atom. The smallest absolute Gasteiger partial charge is 0.306 e. The molecule has 0 saturated carbocycles. The molecule has 0 aromatic carbocycles. The van der Waals surface area contributed by atoms with Crippen LogP contribution < -0.4 is 0 Å². The van der Waals surface area contributed by atoms with E-state index in [0.717, 1.165) is 0 Å². The molecule has 0 spiro atoms. The molecule has 1 aromatic rings. The zero-order valence-electron chi connectivity index (χ0n) is 6.21. The SMILES string of the molecule is O=C(O)C[C@H](O)c1cncnc1. The van der Waals surface area contributed by atoms with Gasteiger partial charge in [0.1, 0.15) is 6.33 Å². The van der Waals surface area contributed by atoms with Gasteiger partial charge in [0.25, 0.3) is 0 Å². The van der Waals surface area contributed by atoms with E-state index in [0.29, 0.717) is 5.56 Å². The number of aromatic nitrogens is 2. The maximum Gasteiger partial charge on any atom is 0.306 e. The molecule has 5 heteroatoms. The van der Waals surface area contributed by atoms with Crippen LogP contribution in [0.4, 0.5) is 0 Å². The van der Waals surface area contributed by atoms with E-state index < -0.39 is 12.1 Å². The number of aliphatic hydroxyl groups excluding tert-OH is 1. The van der Waals surface area contributed by atoms with Gasteiger partial charge in [-0.25, -0.2) is 9.97 Å². The Balaban J connectivity index is 2.65. The molecule has 1 aromatic heterocycles. The first-order chi connectivity index (χ1) is 5.70. The Hall–Kier alpha value is -1.49. The molecule has 12 heavy (non-hydrogen) atoms. The minimum Gasteiger partial charge on any atom is -0.481 e. The molecule has 64 valence electrons. The molecule has 2 N–H and O–H groups in total. The van der Waals surface area contributed by atoms with Crippen LogP contribution in [0.1, 0.15) is 18.1 Å². The highest BCUT2D eigenvalue weighted by Gasteiger charge is 2.11. The average Bonchev–Trinajstić information content (AvgIpc) is 2.05. The summed E-state index contributed by atoms with van der Waals surface area (Å²) in [5, 5.41) is 17.6. The highest BCUT2D eigenvalue weighted by molar-refractivity contribution is 5.67. The number of carbonyl (C=O) groups is 1. The number of aliphatic carboxylic acids is 1. The predicted molar refractivity (Wildman–Crippen MR) is 39.2 cm³/mol. The Morgan fingerprint density at radius 1 is 1.50 bits per heavy atom. The lowest BCUT2D eigenvalue weighted by molar-refractivity contribution is -0.139. The summed E-state index contributed by atoms with van der Waals surface area (Å²) in [7, 11) is 0. The molecule has 0 aliphatic carbocycles. The third-order valence-corrected chi connectivity index (χ3v) is 1.33. The minimum absolute atomic E-state index is 0.326. The predicted octanol–water partition coefficient (Wildman–Crippen LogP) is -0.0153. The Bertz CT molecular complexity index is 263. The largest absolute Gasteiger partial charge is 0.481 e. The second-order valence-corrected chi connectivity index (χ2v) is 2.29. The van der Waals surface area contributed by atoms with E-state index >= 15 is 0 Å². The fraction of sp³-hybridized carbons (Fsp3) is 0.286. The summed E-state index contributed by atoms with van der Waals surface area (Å²) in [5.74, 6) is -1.05. The zero-order chi connectivity index (χ0) is 8.97. The van der Waals surface area contributed by atoms with E-state index in [9.17, 15) is 9.90 Å². The number of hydrogen-bond donors (Lipinski definition) is 2. The molecule has 0 amide bonds. The molecule has 0 radical (unpaired) electrons. The summed E-state index contributed by atoms with van der Waals surface area (Å²) >= 11 is 0. The molecule has 1 rings (SSSR count). The summed E-state index contributed by atoms with van der Waals surface area (Å²) in [6.45, 7) is 0. The van der Waals surface area contributed by atoms with Crippen molar-refractivity contribution >= 4 is 5.97 Å². The third kappa shape index (κ3) is 2.28. The van der Waals surface area contributed by atoms with Crippen LogP contribution in [0.2, 0.25) is 0 Å². The van der Waals surface area contributed by atoms with Crippen molar-refractivity contribution in [2.75, 3.05) is 0 Å². The normalized spacial score (nSPS) is 12.4. The first kappa shape index (κ1) is 8.61. The summed E-state index contributed by atoms with van der Waals surface area (Å²) < 4.78 is 0. The van der Waals surface area contributed by atoms with Crippen LogP contribution in [0.3, 0.4) is 0 Å². The molecule has 1 atom stereocenters. The van der Waals surface area contributed by atoms with E-state index in [4.69, 9.17) is 5.11 Å². The van der Waals surface area contributed by atoms with Crippen LogP contribution in [-0.4, -0.2) is 26.2 Å². The van der Waals surface area contributed by atoms with E-state index in [1.165, 1.54) is 18.7 Å². The highest BCUT2D eigenvalue weighted by atomic mass is 16.4. The monoisotopic (exact) mass is 168 g/mol. The van der Waals surface area contributed by atoms with Crippen LogP contribution in [0.5, 0.6) is 0 Å². The van der Waals surface area contributed by atoms with Crippen molar-refractivity contribution in [3.8, 4) is 0 Å². The van der Waals surface area contributed by atoms with Crippen molar-refractivity contribution < 1.29 is 15.0 Å². The van der Waals surface area contributed by atoms with Gasteiger partial charge in [0, 0.05) is 18.0 Å². The van der Waals surface area contributed by atoms with Crippen LogP contribution >= 0.6 is 0 Å². The van der Waals surface area contributed by atoms with Crippen LogP contribution in [0.25, 0.3) is 0 Å². The van der Waals surface area contributed by atoms with Gasteiger partial charge < -0.3 is 10.2 Å². The van der Waals surface area contributed by atoms with E-state index in [1.54, 1.807) is 0 Å². The van der Waals surface area contributed by atoms with Crippen molar-refractivity contribution in [1.82, 2.24) is 9.97 Å². The maximum absolute atomic E-state index is 10.2. The highest BCUT2D eigenvalue weighted by Crippen LogP contribution is 2.13. The molecule has 0 bridgehead atoms. The topological polar surface area (TPSA) is 83.3 Å². The number of rotatable bonds is 3. The second-order valence-electron chi connectivity index (χ2n) is 2.29. The molecular formula is C7H8N2O3. The number of carboxylic acids is 1. The second kappa shape index (κ2) is 3.77. The standard InChI is InChI=1S/C7H8N2O3/c10-6(1-7(11)12)5-2-8-4-9-3-5/h2-4,6,10H,1H2,(H,11,12)/t6-/m0/s1. The van der Waals surface area contributed by atoms with E-state index in [2.05, 4.69) is 9.97 Å². The van der Waals surface area contributed by atoms with E-state index in [-0.39, 0.29) is 6.42 Å². The summed E-state index contributed by atoms with van der Waals surface area (Å²) in [4.78, 5) is 17.5. The molecule has 5 nitrogen and oxygen atoms in total. The average molecular weight is 168 g/mol. The van der Waals surface area contributed by atoms with E-state index in [1.807, 2.05) is 0 Å². The quantitative estimate of drug-likeness (QED) is 0.662. The van der Waals surface area contributed by atoms with Gasteiger partial charge in [-0.3, -0.25) is 4.79 Å². The van der Waals surface area contributed by atoms with Gasteiger partial charge >= 0.3 is 5.97 Å². The summed E-state index contributed by atoms with van der Waals surface area (Å²) in [6.07, 6.45) is 2.75. The van der Waals surface area contributed by atoms with Gasteiger partial charge in [0.15, 0.2) is 0 Å². The maximum atomic E-state index is 10.2. The fourth-order valence-electron chi connectivity index (χ4n) is 0.766. The van der Waals surface area contributed by atoms with Gasteiger partial charge in [-0.1, -0.05) is 0 Å². The van der Waals surface area contributed by atoms with Crippen molar-refractivity contribution in [2.24, 2.45) is 0 Å². The number of nitrogens with zero attached hydrogens (tertiary/aromatic N) is 2. The van der Waals surface area contributed by atoms with Gasteiger partial charge in [-0.2, -0.15) is 0 Å². The van der Waals surface area contributed by atoms with Gasteiger partial charge in [0.05, 0.1) is 12.5 Å². The first-order valence-corrected chi connectivity index (χ1v) is 3.35. The molecule has 0 saturated heterocycles. The summed E-state index contributed by atoms with van der Waals surface area (Å²) in [5.41, 5.74) is 0.417. The molecule has 0 aliphatic rings. The van der Waals surface area contributed by atoms with Crippen LogP contribution in [-0.2, 0) is 4.79 Å². The van der Waals surface area contributed by atoms with Gasteiger partial charge in [-0.15, -0.1) is 0 Å². The lowest BCUT2D eigenvalue weighted by Crippen LogP contribution is -2.05. The fourth-order valence-corrected chi connectivity index (χ4v) is 0.766. The zero-order valence-corrected chi connectivity index (χ0v) is 6.21. The van der Waals surface area contributed by atoms with Gasteiger partial charge in [-0.05, 0) is 0 Å². The molecule has 0 unspecified atom stereocenters. The van der Waals surface area contributed by atoms with Crippen molar-refractivity contribution in [3.05, 3.63) is 24.3 Å². The molecule has 0 fully saturated rings. The van der Waals surface area contributed by atoms with Crippen molar-refractivity contribution in [3.63, 3.8) is 0 Å². The lowest BCUT2D eigenvalue weighted by atomic mass is 10.1. The minimum atomic E-state index is -1.05. The van der Waals surface area contributed by atoms with Crippen molar-refractivity contribution in [2.45, 2.75) is 12.5 Å². The molecule has 1 heterocycles. The Morgan fingerprint density at radius 2 is 2.08 bits per heavy atom.